The summed E-state index contributed by atoms with van der Waals surface area (Å²) in [6.45, 7) is 1.45. The molecule has 0 radical (unpaired) electrons. The van der Waals surface area contributed by atoms with Gasteiger partial charge in [0.15, 0.2) is 12.1 Å². The number of aliphatic hydroxyl groups excluding tert-OH is 1. The normalized spacial score (nSPS) is 21.2. The number of hydrogen-bond donors (Lipinski definition) is 1. The molecule has 2 aromatic rings. The lowest BCUT2D eigenvalue weighted by Crippen LogP contribution is -2.55. The Bertz CT molecular complexity index is 746. The second kappa shape index (κ2) is 8.65. The number of esters is 1. The first-order chi connectivity index (χ1) is 13.0. The number of alkyl halides is 1. The molecule has 0 aromatic heterocycles. The summed E-state index contributed by atoms with van der Waals surface area (Å²) >= 11 is 3.13. The van der Waals surface area contributed by atoms with Crippen molar-refractivity contribution in [2.24, 2.45) is 0 Å². The summed E-state index contributed by atoms with van der Waals surface area (Å²) in [7, 11) is 0. The second-order valence-corrected chi connectivity index (χ2v) is 7.23. The lowest BCUT2D eigenvalue weighted by atomic mass is 10.0. The molecule has 3 rings (SSSR count). The fourth-order valence-corrected chi connectivity index (χ4v) is 3.14. The summed E-state index contributed by atoms with van der Waals surface area (Å²) in [5.74, 6) is -1.12. The highest BCUT2D eigenvalue weighted by Gasteiger charge is 2.40. The van der Waals surface area contributed by atoms with Gasteiger partial charge in [0.1, 0.15) is 17.5 Å². The largest absolute Gasteiger partial charge is 0.451 e. The van der Waals surface area contributed by atoms with Crippen molar-refractivity contribution in [1.29, 1.82) is 0 Å². The Morgan fingerprint density at radius 2 is 1.67 bits per heavy atom. The predicted octanol–water partition coefficient (Wildman–Crippen LogP) is 2.61. The zero-order valence-corrected chi connectivity index (χ0v) is 16.3. The van der Waals surface area contributed by atoms with Crippen molar-refractivity contribution in [2.45, 2.75) is 30.0 Å². The number of ether oxygens (including phenoxy) is 1. The Labute approximate surface area is 165 Å². The number of halogens is 1. The highest BCUT2D eigenvalue weighted by Crippen LogP contribution is 2.27. The number of carbonyl (C=O) groups excluding carboxylic acids is 2. The number of rotatable bonds is 5. The van der Waals surface area contributed by atoms with E-state index in [1.807, 2.05) is 60.7 Å². The molecule has 1 amide bonds. The molecule has 0 bridgehead atoms. The van der Waals surface area contributed by atoms with Crippen molar-refractivity contribution >= 4 is 27.8 Å². The molecule has 1 fully saturated rings. The summed E-state index contributed by atoms with van der Waals surface area (Å²) in [6.07, 6.45) is -1.56. The van der Waals surface area contributed by atoms with Crippen LogP contribution >= 0.6 is 15.9 Å². The van der Waals surface area contributed by atoms with E-state index in [2.05, 4.69) is 15.9 Å². The van der Waals surface area contributed by atoms with Crippen molar-refractivity contribution in [3.05, 3.63) is 71.8 Å². The third-order valence-corrected chi connectivity index (χ3v) is 5.31. The quantitative estimate of drug-likeness (QED) is 0.579. The summed E-state index contributed by atoms with van der Waals surface area (Å²) in [5, 5.41) is 10.7. The number of amides is 1. The zero-order chi connectivity index (χ0) is 19.4. The van der Waals surface area contributed by atoms with Gasteiger partial charge in [-0.15, -0.1) is 0 Å². The molecule has 142 valence electrons. The van der Waals surface area contributed by atoms with E-state index >= 15 is 0 Å². The molecule has 1 aliphatic heterocycles. The van der Waals surface area contributed by atoms with Crippen LogP contribution in [0.5, 0.6) is 0 Å². The van der Waals surface area contributed by atoms with Gasteiger partial charge in [-0.05, 0) is 18.1 Å². The maximum atomic E-state index is 12.8. The number of hydrogen-bond acceptors (Lipinski definition) is 5. The van der Waals surface area contributed by atoms with Crippen molar-refractivity contribution in [3.63, 3.8) is 0 Å². The molecule has 3 atom stereocenters. The Morgan fingerprint density at radius 1 is 1.15 bits per heavy atom. The summed E-state index contributed by atoms with van der Waals surface area (Å²) in [5.41, 5.74) is 1.65. The number of aliphatic hydroxyl groups is 1. The van der Waals surface area contributed by atoms with Crippen LogP contribution in [0.4, 0.5) is 0 Å². The van der Waals surface area contributed by atoms with Crippen molar-refractivity contribution in [1.82, 2.24) is 5.06 Å². The van der Waals surface area contributed by atoms with Gasteiger partial charge in [0.25, 0.3) is 5.91 Å². The minimum absolute atomic E-state index is 0.0833. The molecule has 0 aliphatic carbocycles. The van der Waals surface area contributed by atoms with Crippen LogP contribution in [0.3, 0.4) is 0 Å². The van der Waals surface area contributed by atoms with Gasteiger partial charge < -0.3 is 9.84 Å². The first kappa shape index (κ1) is 19.5. The molecular formula is C20H20BrNO5. The van der Waals surface area contributed by atoms with Crippen LogP contribution in [-0.4, -0.2) is 45.6 Å². The molecule has 1 saturated heterocycles. The van der Waals surface area contributed by atoms with Gasteiger partial charge in [-0.2, -0.15) is 0 Å². The van der Waals surface area contributed by atoms with Crippen LogP contribution in [0, 0.1) is 0 Å². The average Bonchev–Trinajstić information content (AvgIpc) is 2.71. The summed E-state index contributed by atoms with van der Waals surface area (Å²) in [4.78, 5) is 29.5. The Balaban J connectivity index is 1.79. The molecule has 6 nitrogen and oxygen atoms in total. The lowest BCUT2D eigenvalue weighted by Gasteiger charge is -2.35. The Morgan fingerprint density at radius 3 is 2.19 bits per heavy atom. The molecule has 0 saturated carbocycles. The van der Waals surface area contributed by atoms with Crippen molar-refractivity contribution in [2.75, 3.05) is 6.61 Å². The van der Waals surface area contributed by atoms with Crippen LogP contribution in [0.1, 0.15) is 24.2 Å². The Hall–Kier alpha value is -2.22. The van der Waals surface area contributed by atoms with Gasteiger partial charge in [-0.3, -0.25) is 9.63 Å². The first-order valence-electron chi connectivity index (χ1n) is 8.57. The van der Waals surface area contributed by atoms with Gasteiger partial charge in [0, 0.05) is 0 Å². The molecule has 1 heterocycles. The minimum Gasteiger partial charge on any atom is -0.451 e. The third-order valence-electron chi connectivity index (χ3n) is 4.31. The van der Waals surface area contributed by atoms with Crippen molar-refractivity contribution < 1.29 is 24.3 Å². The maximum absolute atomic E-state index is 12.8. The van der Waals surface area contributed by atoms with Gasteiger partial charge >= 0.3 is 5.97 Å². The van der Waals surface area contributed by atoms with Gasteiger partial charge in [-0.1, -0.05) is 76.6 Å². The number of benzene rings is 2. The van der Waals surface area contributed by atoms with E-state index in [-0.39, 0.29) is 6.61 Å². The fourth-order valence-electron chi connectivity index (χ4n) is 2.79. The molecule has 27 heavy (non-hydrogen) atoms. The standard InChI is InChI=1S/C20H20BrNO5/c1-13(22-19(24)17(21)16(23)12-26-22)20(25)27-18(14-8-4-2-5-9-14)15-10-6-3-7-11-15/h2-11,13,16-18,23H,12H2,1H3/t13-,16+,17-/m1/s1. The number of nitrogens with zero attached hydrogens (tertiary/aromatic N) is 1. The SMILES string of the molecule is C[C@H](C(=O)OC(c1ccccc1)c1ccccc1)N1OC[C@H](O)[C@@H](Br)C1=O. The third kappa shape index (κ3) is 4.37. The summed E-state index contributed by atoms with van der Waals surface area (Å²) in [6, 6.07) is 17.8. The maximum Gasteiger partial charge on any atom is 0.332 e. The molecule has 0 unspecified atom stereocenters. The minimum atomic E-state index is -0.960. The zero-order valence-electron chi connectivity index (χ0n) is 14.7. The van der Waals surface area contributed by atoms with E-state index in [4.69, 9.17) is 9.57 Å². The molecule has 7 heteroatoms. The van der Waals surface area contributed by atoms with Crippen LogP contribution < -0.4 is 0 Å². The fraction of sp³-hybridized carbons (Fsp3) is 0.300. The molecule has 2 aromatic carbocycles. The smallest absolute Gasteiger partial charge is 0.332 e. The average molecular weight is 434 g/mol. The highest BCUT2D eigenvalue weighted by molar-refractivity contribution is 9.10. The van der Waals surface area contributed by atoms with Crippen LogP contribution in [-0.2, 0) is 19.2 Å². The summed E-state index contributed by atoms with van der Waals surface area (Å²) < 4.78 is 5.76. The monoisotopic (exact) mass is 433 g/mol. The van der Waals surface area contributed by atoms with E-state index in [1.165, 1.54) is 6.92 Å². The highest BCUT2D eigenvalue weighted by atomic mass is 79.9. The molecule has 0 spiro atoms. The van der Waals surface area contributed by atoms with Crippen LogP contribution in [0.25, 0.3) is 0 Å². The first-order valence-corrected chi connectivity index (χ1v) is 9.49. The molecule has 1 N–H and O–H groups in total. The van der Waals surface area contributed by atoms with E-state index < -0.39 is 35.0 Å². The van der Waals surface area contributed by atoms with Crippen LogP contribution in [0.15, 0.2) is 60.7 Å². The van der Waals surface area contributed by atoms with E-state index in [0.29, 0.717) is 0 Å². The van der Waals surface area contributed by atoms with Gasteiger partial charge in [0.2, 0.25) is 0 Å². The molecule has 1 aliphatic rings. The van der Waals surface area contributed by atoms with E-state index in [9.17, 15) is 14.7 Å². The lowest BCUT2D eigenvalue weighted by molar-refractivity contribution is -0.228. The molecular weight excluding hydrogens is 414 g/mol. The second-order valence-electron chi connectivity index (χ2n) is 6.24. The van der Waals surface area contributed by atoms with Crippen LogP contribution in [0.2, 0.25) is 0 Å². The number of carbonyl (C=O) groups is 2. The van der Waals surface area contributed by atoms with Crippen molar-refractivity contribution in [3.8, 4) is 0 Å². The Kier molecular flexibility index (Phi) is 6.26. The van der Waals surface area contributed by atoms with Gasteiger partial charge in [0.05, 0.1) is 0 Å². The number of hydroxylamine groups is 2. The topological polar surface area (TPSA) is 76.1 Å². The van der Waals surface area contributed by atoms with E-state index in [0.717, 1.165) is 16.2 Å². The van der Waals surface area contributed by atoms with Gasteiger partial charge in [-0.25, -0.2) is 9.86 Å². The predicted molar refractivity (Wildman–Crippen MR) is 102 cm³/mol. The van der Waals surface area contributed by atoms with E-state index in [1.54, 1.807) is 0 Å².